The van der Waals surface area contributed by atoms with Crippen LogP contribution in [-0.4, -0.2) is 22.1 Å². The van der Waals surface area contributed by atoms with Gasteiger partial charge in [0.2, 0.25) is 0 Å². The van der Waals surface area contributed by atoms with Crippen LogP contribution in [0.1, 0.15) is 68.3 Å². The standard InChI is InChI=1S/C24H29N3O2/c1-2-3-15-29-21-12-9-18(10-13-21)24(28)26-19-11-14-23-22(16-19)25-17-27(23)20-7-5-4-6-8-20/h9-14,16-17,20H,2-8,15H2,1H3,(H,26,28). The van der Waals surface area contributed by atoms with E-state index in [9.17, 15) is 4.79 Å². The summed E-state index contributed by atoms with van der Waals surface area (Å²) < 4.78 is 7.96. The van der Waals surface area contributed by atoms with Gasteiger partial charge in [-0.15, -0.1) is 0 Å². The van der Waals surface area contributed by atoms with E-state index in [1.807, 2.05) is 30.6 Å². The fraction of sp³-hybridized carbons (Fsp3) is 0.417. The van der Waals surface area contributed by atoms with Crippen molar-refractivity contribution in [3.05, 3.63) is 54.4 Å². The molecule has 1 N–H and O–H groups in total. The summed E-state index contributed by atoms with van der Waals surface area (Å²) >= 11 is 0. The first-order valence-corrected chi connectivity index (χ1v) is 10.8. The van der Waals surface area contributed by atoms with Crippen molar-refractivity contribution in [1.29, 1.82) is 0 Å². The summed E-state index contributed by atoms with van der Waals surface area (Å²) in [5, 5.41) is 2.98. The van der Waals surface area contributed by atoms with E-state index in [4.69, 9.17) is 4.74 Å². The molecular formula is C24H29N3O2. The number of anilines is 1. The van der Waals surface area contributed by atoms with Gasteiger partial charge in [-0.25, -0.2) is 4.98 Å². The van der Waals surface area contributed by atoms with Gasteiger partial charge in [-0.3, -0.25) is 4.79 Å². The number of fused-ring (bicyclic) bond motifs is 1. The molecule has 0 unspecified atom stereocenters. The number of imidazole rings is 1. The Morgan fingerprint density at radius 2 is 1.93 bits per heavy atom. The van der Waals surface area contributed by atoms with Crippen molar-refractivity contribution in [2.24, 2.45) is 0 Å². The quantitative estimate of drug-likeness (QED) is 0.505. The molecule has 0 bridgehead atoms. The van der Waals surface area contributed by atoms with Crippen molar-refractivity contribution in [2.75, 3.05) is 11.9 Å². The highest BCUT2D eigenvalue weighted by atomic mass is 16.5. The molecule has 2 aromatic carbocycles. The molecule has 1 saturated carbocycles. The Hall–Kier alpha value is -2.82. The number of nitrogens with zero attached hydrogens (tertiary/aromatic N) is 2. The maximum Gasteiger partial charge on any atom is 0.255 e. The normalized spacial score (nSPS) is 14.8. The molecule has 1 fully saturated rings. The van der Waals surface area contributed by atoms with Gasteiger partial charge < -0.3 is 14.6 Å². The largest absolute Gasteiger partial charge is 0.494 e. The molecule has 4 rings (SSSR count). The van der Waals surface area contributed by atoms with Gasteiger partial charge in [-0.05, 0) is 61.7 Å². The smallest absolute Gasteiger partial charge is 0.255 e. The van der Waals surface area contributed by atoms with Crippen molar-refractivity contribution >= 4 is 22.6 Å². The maximum atomic E-state index is 12.6. The average Bonchev–Trinajstić information content (AvgIpc) is 3.18. The Morgan fingerprint density at radius 1 is 1.14 bits per heavy atom. The molecule has 0 spiro atoms. The highest BCUT2D eigenvalue weighted by Crippen LogP contribution is 2.31. The van der Waals surface area contributed by atoms with Gasteiger partial charge in [-0.2, -0.15) is 0 Å². The van der Waals surface area contributed by atoms with Gasteiger partial charge >= 0.3 is 0 Å². The van der Waals surface area contributed by atoms with Gasteiger partial charge in [0.05, 0.1) is 24.0 Å². The summed E-state index contributed by atoms with van der Waals surface area (Å²) in [6.45, 7) is 2.84. The predicted octanol–water partition coefficient (Wildman–Crippen LogP) is 5.97. The maximum absolute atomic E-state index is 12.6. The Labute approximate surface area is 172 Å². The molecule has 3 aromatic rings. The van der Waals surface area contributed by atoms with Crippen LogP contribution in [0.2, 0.25) is 0 Å². The molecule has 1 aliphatic rings. The summed E-state index contributed by atoms with van der Waals surface area (Å²) in [5.41, 5.74) is 3.44. The highest BCUT2D eigenvalue weighted by Gasteiger charge is 2.17. The number of unbranched alkanes of at least 4 members (excludes halogenated alkanes) is 1. The zero-order chi connectivity index (χ0) is 20.1. The van der Waals surface area contributed by atoms with E-state index in [1.165, 1.54) is 32.1 Å². The first kappa shape index (κ1) is 19.5. The number of hydrogen-bond acceptors (Lipinski definition) is 3. The molecule has 5 nitrogen and oxygen atoms in total. The lowest BCUT2D eigenvalue weighted by Crippen LogP contribution is -2.12. The number of hydrogen-bond donors (Lipinski definition) is 1. The topological polar surface area (TPSA) is 56.1 Å². The fourth-order valence-corrected chi connectivity index (χ4v) is 4.00. The molecule has 152 valence electrons. The molecule has 0 atom stereocenters. The van der Waals surface area contributed by atoms with Crippen LogP contribution in [0.5, 0.6) is 5.75 Å². The number of nitrogens with one attached hydrogen (secondary N) is 1. The average molecular weight is 392 g/mol. The number of carbonyl (C=O) groups is 1. The lowest BCUT2D eigenvalue weighted by atomic mass is 9.95. The van der Waals surface area contributed by atoms with Gasteiger partial charge in [0.1, 0.15) is 5.75 Å². The second kappa shape index (κ2) is 9.12. The Balaban J connectivity index is 1.43. The Morgan fingerprint density at radius 3 is 2.69 bits per heavy atom. The molecule has 0 aliphatic heterocycles. The predicted molar refractivity (Wildman–Crippen MR) is 117 cm³/mol. The van der Waals surface area contributed by atoms with Crippen molar-refractivity contribution in [3.8, 4) is 5.75 Å². The van der Waals surface area contributed by atoms with E-state index in [-0.39, 0.29) is 5.91 Å². The molecular weight excluding hydrogens is 362 g/mol. The number of rotatable bonds is 7. The minimum absolute atomic E-state index is 0.129. The van der Waals surface area contributed by atoms with E-state index >= 15 is 0 Å². The molecule has 0 saturated heterocycles. The molecule has 1 heterocycles. The van der Waals surface area contributed by atoms with Crippen LogP contribution < -0.4 is 10.1 Å². The molecule has 0 radical (unpaired) electrons. The fourth-order valence-electron chi connectivity index (χ4n) is 4.00. The minimum atomic E-state index is -0.129. The Bertz CT molecular complexity index is 956. The molecule has 29 heavy (non-hydrogen) atoms. The monoisotopic (exact) mass is 391 g/mol. The third-order valence-electron chi connectivity index (χ3n) is 5.68. The highest BCUT2D eigenvalue weighted by molar-refractivity contribution is 6.05. The summed E-state index contributed by atoms with van der Waals surface area (Å²) in [5.74, 6) is 0.667. The summed E-state index contributed by atoms with van der Waals surface area (Å²) in [7, 11) is 0. The first-order valence-electron chi connectivity index (χ1n) is 10.8. The summed E-state index contributed by atoms with van der Waals surface area (Å²) in [6.07, 6.45) is 10.5. The number of amides is 1. The van der Waals surface area contributed by atoms with Crippen LogP contribution in [0, 0.1) is 0 Å². The second-order valence-electron chi connectivity index (χ2n) is 7.83. The number of ether oxygens (including phenoxy) is 1. The van der Waals surface area contributed by atoms with E-state index < -0.39 is 0 Å². The van der Waals surface area contributed by atoms with Gasteiger partial charge in [-0.1, -0.05) is 32.6 Å². The lowest BCUT2D eigenvalue weighted by Gasteiger charge is -2.23. The van der Waals surface area contributed by atoms with E-state index in [0.29, 0.717) is 18.2 Å². The number of aromatic nitrogens is 2. The SMILES string of the molecule is CCCCOc1ccc(C(=O)Nc2ccc3c(c2)ncn3C2CCCCC2)cc1. The zero-order valence-electron chi connectivity index (χ0n) is 17.1. The molecule has 1 aliphatic carbocycles. The van der Waals surface area contributed by atoms with Crippen molar-refractivity contribution in [2.45, 2.75) is 57.9 Å². The third-order valence-corrected chi connectivity index (χ3v) is 5.68. The lowest BCUT2D eigenvalue weighted by molar-refractivity contribution is 0.102. The molecule has 1 amide bonds. The molecule has 1 aromatic heterocycles. The van der Waals surface area contributed by atoms with Crippen LogP contribution >= 0.6 is 0 Å². The van der Waals surface area contributed by atoms with Crippen LogP contribution in [0.25, 0.3) is 11.0 Å². The number of carbonyl (C=O) groups excluding carboxylic acids is 1. The van der Waals surface area contributed by atoms with Gasteiger partial charge in [0.15, 0.2) is 0 Å². The van der Waals surface area contributed by atoms with Crippen molar-refractivity contribution < 1.29 is 9.53 Å². The minimum Gasteiger partial charge on any atom is -0.494 e. The first-order chi connectivity index (χ1) is 14.2. The third kappa shape index (κ3) is 4.61. The summed E-state index contributed by atoms with van der Waals surface area (Å²) in [4.78, 5) is 17.2. The summed E-state index contributed by atoms with van der Waals surface area (Å²) in [6, 6.07) is 13.8. The van der Waals surface area contributed by atoms with Crippen molar-refractivity contribution in [1.82, 2.24) is 9.55 Å². The van der Waals surface area contributed by atoms with Crippen LogP contribution in [-0.2, 0) is 0 Å². The van der Waals surface area contributed by atoms with Crippen LogP contribution in [0.15, 0.2) is 48.8 Å². The van der Waals surface area contributed by atoms with Crippen molar-refractivity contribution in [3.63, 3.8) is 0 Å². The number of benzene rings is 2. The zero-order valence-corrected chi connectivity index (χ0v) is 17.1. The van der Waals surface area contributed by atoms with E-state index in [2.05, 4.69) is 27.9 Å². The van der Waals surface area contributed by atoms with Crippen LogP contribution in [0.4, 0.5) is 5.69 Å². The van der Waals surface area contributed by atoms with E-state index in [0.717, 1.165) is 35.3 Å². The van der Waals surface area contributed by atoms with Gasteiger partial charge in [0.25, 0.3) is 5.91 Å². The molecule has 5 heteroatoms. The van der Waals surface area contributed by atoms with E-state index in [1.54, 1.807) is 12.1 Å². The Kier molecular flexibility index (Phi) is 6.13. The van der Waals surface area contributed by atoms with Gasteiger partial charge in [0, 0.05) is 17.3 Å². The second-order valence-corrected chi connectivity index (χ2v) is 7.83. The van der Waals surface area contributed by atoms with Crippen LogP contribution in [0.3, 0.4) is 0 Å².